The summed E-state index contributed by atoms with van der Waals surface area (Å²) in [5.41, 5.74) is 0. The first-order valence-corrected chi connectivity index (χ1v) is 9.14. The fraction of sp³-hybridized carbons (Fsp3) is 1.00. The van der Waals surface area contributed by atoms with Crippen molar-refractivity contribution < 1.29 is 27.7 Å². The predicted molar refractivity (Wildman–Crippen MR) is 93.0 cm³/mol. The third-order valence-electron chi connectivity index (χ3n) is 2.51. The second kappa shape index (κ2) is 26.7. The molecule has 0 unspecified atom stereocenters. The SMILES string of the molecule is CCCCCCCCCCCCO.CCO.O=S(=O)(O)O.[NaH]. The van der Waals surface area contributed by atoms with Crippen LogP contribution in [-0.2, 0) is 10.4 Å². The van der Waals surface area contributed by atoms with Crippen molar-refractivity contribution >= 4 is 40.0 Å². The van der Waals surface area contributed by atoms with Crippen LogP contribution in [0.2, 0.25) is 0 Å². The third kappa shape index (κ3) is 69.9. The maximum atomic E-state index is 8.74. The Morgan fingerprint density at radius 3 is 1.14 bits per heavy atom. The number of hydrogen-bond acceptors (Lipinski definition) is 4. The molecule has 0 saturated heterocycles. The van der Waals surface area contributed by atoms with Crippen LogP contribution in [0.25, 0.3) is 0 Å². The van der Waals surface area contributed by atoms with Gasteiger partial charge < -0.3 is 10.2 Å². The second-order valence-electron chi connectivity index (χ2n) is 4.67. The van der Waals surface area contributed by atoms with Gasteiger partial charge in [0, 0.05) is 13.2 Å². The van der Waals surface area contributed by atoms with Gasteiger partial charge in [0.25, 0.3) is 0 Å². The number of unbranched alkanes of at least 4 members (excludes halogenated alkanes) is 9. The summed E-state index contributed by atoms with van der Waals surface area (Å²) in [5, 5.41) is 16.1. The van der Waals surface area contributed by atoms with Crippen LogP contribution in [0.15, 0.2) is 0 Å². The molecule has 0 aromatic carbocycles. The quantitative estimate of drug-likeness (QED) is 0.272. The van der Waals surface area contributed by atoms with Crippen molar-refractivity contribution in [3.63, 3.8) is 0 Å². The van der Waals surface area contributed by atoms with Crippen molar-refractivity contribution in [2.24, 2.45) is 0 Å². The molecule has 0 fully saturated rings. The summed E-state index contributed by atoms with van der Waals surface area (Å²) in [7, 11) is -4.67. The number of hydrogen-bond donors (Lipinski definition) is 4. The monoisotopic (exact) mass is 354 g/mol. The summed E-state index contributed by atoms with van der Waals surface area (Å²) in [6.07, 6.45) is 13.3. The fourth-order valence-corrected chi connectivity index (χ4v) is 1.60. The number of rotatable bonds is 10. The Hall–Kier alpha value is 0.790. The van der Waals surface area contributed by atoms with E-state index in [-0.39, 0.29) is 36.2 Å². The van der Waals surface area contributed by atoms with E-state index in [2.05, 4.69) is 6.92 Å². The summed E-state index contributed by atoms with van der Waals surface area (Å²) in [6, 6.07) is 0. The molecule has 4 N–H and O–H groups in total. The zero-order valence-electron chi connectivity index (χ0n) is 13.5. The molecule has 134 valence electrons. The van der Waals surface area contributed by atoms with Gasteiger partial charge in [-0.1, -0.05) is 64.7 Å². The summed E-state index contributed by atoms with van der Waals surface area (Å²) < 4.78 is 31.6. The third-order valence-corrected chi connectivity index (χ3v) is 2.51. The van der Waals surface area contributed by atoms with Gasteiger partial charge in [-0.15, -0.1) is 0 Å². The molecule has 22 heavy (non-hydrogen) atoms. The molecule has 6 nitrogen and oxygen atoms in total. The Kier molecular flexibility index (Phi) is 37.2. The first kappa shape index (κ1) is 30.6. The molecule has 8 heteroatoms. The van der Waals surface area contributed by atoms with Crippen molar-refractivity contribution in [1.82, 2.24) is 0 Å². The van der Waals surface area contributed by atoms with Crippen molar-refractivity contribution in [2.45, 2.75) is 78.1 Å². The van der Waals surface area contributed by atoms with Crippen molar-refractivity contribution in [2.75, 3.05) is 13.2 Å². The topological polar surface area (TPSA) is 115 Å². The van der Waals surface area contributed by atoms with Gasteiger partial charge in [-0.05, 0) is 13.3 Å². The first-order chi connectivity index (χ1) is 9.83. The van der Waals surface area contributed by atoms with Crippen LogP contribution >= 0.6 is 0 Å². The molecule has 0 aliphatic rings. The van der Waals surface area contributed by atoms with Crippen LogP contribution in [0.5, 0.6) is 0 Å². The molecule has 0 saturated carbocycles. The molecule has 0 amide bonds. The molecule has 0 atom stereocenters. The van der Waals surface area contributed by atoms with Gasteiger partial charge in [0.15, 0.2) is 0 Å². The number of aliphatic hydroxyl groups excluding tert-OH is 2. The van der Waals surface area contributed by atoms with E-state index in [1.807, 2.05) is 0 Å². The van der Waals surface area contributed by atoms with Crippen LogP contribution in [0, 0.1) is 0 Å². The van der Waals surface area contributed by atoms with Gasteiger partial charge in [-0.2, -0.15) is 8.42 Å². The molecule has 0 aromatic rings. The zero-order chi connectivity index (χ0) is 17.0. The average Bonchev–Trinajstić information content (AvgIpc) is 2.36. The first-order valence-electron chi connectivity index (χ1n) is 7.75. The Morgan fingerprint density at radius 2 is 0.909 bits per heavy atom. The Labute approximate surface area is 158 Å². The Morgan fingerprint density at radius 1 is 0.682 bits per heavy atom. The normalized spacial score (nSPS) is 9.73. The molecule has 0 aromatic heterocycles. The zero-order valence-corrected chi connectivity index (χ0v) is 14.3. The van der Waals surface area contributed by atoms with Crippen LogP contribution < -0.4 is 0 Å². The maximum absolute atomic E-state index is 8.74. The van der Waals surface area contributed by atoms with Gasteiger partial charge >= 0.3 is 40.0 Å². The van der Waals surface area contributed by atoms with Crippen LogP contribution in [0.3, 0.4) is 0 Å². The fourth-order valence-electron chi connectivity index (χ4n) is 1.60. The van der Waals surface area contributed by atoms with E-state index in [1.165, 1.54) is 57.8 Å². The number of aliphatic hydroxyl groups is 2. The van der Waals surface area contributed by atoms with E-state index in [0.29, 0.717) is 6.61 Å². The Bertz CT molecular complexity index is 242. The van der Waals surface area contributed by atoms with E-state index in [1.54, 1.807) is 6.92 Å². The van der Waals surface area contributed by atoms with Gasteiger partial charge in [-0.25, -0.2) is 0 Å². The van der Waals surface area contributed by atoms with Crippen LogP contribution in [-0.4, -0.2) is 70.5 Å². The summed E-state index contributed by atoms with van der Waals surface area (Å²) in [4.78, 5) is 0. The van der Waals surface area contributed by atoms with Gasteiger partial charge in [0.2, 0.25) is 0 Å². The summed E-state index contributed by atoms with van der Waals surface area (Å²) in [6.45, 7) is 4.56. The van der Waals surface area contributed by atoms with E-state index in [4.69, 9.17) is 27.7 Å². The predicted octanol–water partition coefficient (Wildman–Crippen LogP) is 2.60. The summed E-state index contributed by atoms with van der Waals surface area (Å²) in [5.74, 6) is 0. The van der Waals surface area contributed by atoms with E-state index < -0.39 is 10.4 Å². The standard InChI is InChI=1S/C12H26O.C2H6O.Na.H2O4S.H/c1-2-3-4-5-6-7-8-9-10-11-12-13;1-2-3;;1-5(2,3)4;/h13H,2-12H2,1H3;3H,2H2,1H3;;(H2,1,2,3,4);. The molecule has 0 radical (unpaired) electrons. The van der Waals surface area contributed by atoms with Gasteiger partial charge in [-0.3, -0.25) is 9.11 Å². The second-order valence-corrected chi connectivity index (χ2v) is 5.57. The van der Waals surface area contributed by atoms with Gasteiger partial charge in [0.1, 0.15) is 0 Å². The van der Waals surface area contributed by atoms with E-state index in [9.17, 15) is 0 Å². The minimum absolute atomic E-state index is 0. The molecule has 0 rings (SSSR count). The van der Waals surface area contributed by atoms with E-state index in [0.717, 1.165) is 6.42 Å². The minimum atomic E-state index is -4.67. The van der Waals surface area contributed by atoms with Crippen molar-refractivity contribution in [3.05, 3.63) is 0 Å². The molecule has 0 aliphatic carbocycles. The molecular formula is C14H35NaO6S. The summed E-state index contributed by atoms with van der Waals surface area (Å²) >= 11 is 0. The Balaban J connectivity index is -0.000000151. The molecule has 0 heterocycles. The van der Waals surface area contributed by atoms with Gasteiger partial charge in [0.05, 0.1) is 0 Å². The molecule has 0 bridgehead atoms. The van der Waals surface area contributed by atoms with Crippen molar-refractivity contribution in [1.29, 1.82) is 0 Å². The average molecular weight is 354 g/mol. The molecular weight excluding hydrogens is 319 g/mol. The van der Waals surface area contributed by atoms with Crippen LogP contribution in [0.1, 0.15) is 78.1 Å². The van der Waals surface area contributed by atoms with Crippen molar-refractivity contribution in [3.8, 4) is 0 Å². The van der Waals surface area contributed by atoms with E-state index >= 15 is 0 Å². The van der Waals surface area contributed by atoms with Crippen LogP contribution in [0.4, 0.5) is 0 Å². The molecule has 0 spiro atoms. The molecule has 0 aliphatic heterocycles.